The fourth-order valence-corrected chi connectivity index (χ4v) is 2.64. The molecule has 1 atom stereocenters. The third kappa shape index (κ3) is 4.35. The number of hydrogen-bond acceptors (Lipinski definition) is 2. The maximum Gasteiger partial charge on any atom is 0.319 e. The maximum atomic E-state index is 13.1. The number of benzene rings is 1. The molecular weight excluding hydrogens is 281 g/mol. The van der Waals surface area contributed by atoms with Gasteiger partial charge in [-0.3, -0.25) is 0 Å². The van der Waals surface area contributed by atoms with Crippen molar-refractivity contribution in [3.8, 4) is 0 Å². The summed E-state index contributed by atoms with van der Waals surface area (Å²) in [4.78, 5) is 14.0. The first kappa shape index (κ1) is 15.1. The quantitative estimate of drug-likeness (QED) is 0.901. The zero-order chi connectivity index (χ0) is 14.5. The molecule has 1 fully saturated rings. The monoisotopic (exact) mass is 299 g/mol. The number of hydrogen-bond donors (Lipinski definition) is 2. The van der Waals surface area contributed by atoms with E-state index in [0.717, 1.165) is 13.0 Å². The van der Waals surface area contributed by atoms with Crippen LogP contribution in [0.2, 0.25) is 5.02 Å². The Labute approximate surface area is 123 Å². The third-order valence-electron chi connectivity index (χ3n) is 3.54. The molecular formula is C14H19ClFN3O. The van der Waals surface area contributed by atoms with Crippen LogP contribution < -0.4 is 10.6 Å². The van der Waals surface area contributed by atoms with E-state index in [-0.39, 0.29) is 11.1 Å². The second-order valence-electron chi connectivity index (χ2n) is 5.12. The van der Waals surface area contributed by atoms with E-state index in [1.165, 1.54) is 31.0 Å². The van der Waals surface area contributed by atoms with Crippen molar-refractivity contribution >= 4 is 23.3 Å². The molecule has 0 bridgehead atoms. The van der Waals surface area contributed by atoms with Gasteiger partial charge in [0.2, 0.25) is 0 Å². The van der Waals surface area contributed by atoms with Gasteiger partial charge >= 0.3 is 6.03 Å². The fourth-order valence-electron chi connectivity index (χ4n) is 2.41. The zero-order valence-corrected chi connectivity index (χ0v) is 12.2. The van der Waals surface area contributed by atoms with E-state index >= 15 is 0 Å². The van der Waals surface area contributed by atoms with Crippen LogP contribution in [0.15, 0.2) is 18.2 Å². The van der Waals surface area contributed by atoms with Crippen molar-refractivity contribution in [2.45, 2.75) is 25.3 Å². The van der Waals surface area contributed by atoms with Crippen LogP contribution in [0.5, 0.6) is 0 Å². The third-order valence-corrected chi connectivity index (χ3v) is 3.76. The van der Waals surface area contributed by atoms with Gasteiger partial charge in [-0.1, -0.05) is 18.0 Å². The molecule has 2 N–H and O–H groups in total. The van der Waals surface area contributed by atoms with Crippen molar-refractivity contribution in [1.82, 2.24) is 10.2 Å². The summed E-state index contributed by atoms with van der Waals surface area (Å²) < 4.78 is 13.1. The number of rotatable bonds is 3. The van der Waals surface area contributed by atoms with Crippen LogP contribution in [-0.4, -0.2) is 37.1 Å². The van der Waals surface area contributed by atoms with Crippen molar-refractivity contribution < 1.29 is 9.18 Å². The molecule has 0 aromatic heterocycles. The molecule has 2 amide bonds. The Morgan fingerprint density at radius 2 is 2.25 bits per heavy atom. The molecule has 0 saturated carbocycles. The first-order chi connectivity index (χ1) is 9.54. The summed E-state index contributed by atoms with van der Waals surface area (Å²) in [5.74, 6) is -0.472. The zero-order valence-electron chi connectivity index (χ0n) is 11.5. The summed E-state index contributed by atoms with van der Waals surface area (Å²) in [5, 5.41) is 5.65. The Morgan fingerprint density at radius 1 is 1.45 bits per heavy atom. The number of piperidine rings is 1. The molecule has 1 aliphatic heterocycles. The van der Waals surface area contributed by atoms with Gasteiger partial charge in [-0.15, -0.1) is 0 Å². The summed E-state index contributed by atoms with van der Waals surface area (Å²) >= 11 is 5.73. The highest BCUT2D eigenvalue weighted by Crippen LogP contribution is 2.18. The normalized spacial score (nSPS) is 19.6. The number of likely N-dealkylation sites (N-methyl/N-ethyl adjacent to an activating group) is 1. The van der Waals surface area contributed by atoms with Gasteiger partial charge in [0.05, 0.1) is 0 Å². The maximum absolute atomic E-state index is 13.1. The number of halogens is 2. The summed E-state index contributed by atoms with van der Waals surface area (Å²) in [6.45, 7) is 1.65. The lowest BCUT2D eigenvalue weighted by Crippen LogP contribution is -2.45. The first-order valence-electron chi connectivity index (χ1n) is 6.76. The molecule has 0 radical (unpaired) electrons. The number of likely N-dealkylation sites (tertiary alicyclic amines) is 1. The standard InChI is InChI=1S/C14H19ClFN3O/c1-19-5-3-2-4-13(19)9-17-14(20)18-12-7-10(15)6-11(16)8-12/h6-8,13H,2-5,9H2,1H3,(H2,17,18,20)/t13-/m1/s1. The number of amides is 2. The molecule has 0 unspecified atom stereocenters. The second-order valence-corrected chi connectivity index (χ2v) is 5.56. The first-order valence-corrected chi connectivity index (χ1v) is 7.13. The Hall–Kier alpha value is -1.33. The predicted molar refractivity (Wildman–Crippen MR) is 78.7 cm³/mol. The average Bonchev–Trinajstić information content (AvgIpc) is 2.36. The molecule has 1 aromatic carbocycles. The lowest BCUT2D eigenvalue weighted by atomic mass is 10.0. The van der Waals surface area contributed by atoms with Crippen LogP contribution in [0, 0.1) is 5.82 Å². The van der Waals surface area contributed by atoms with E-state index in [2.05, 4.69) is 22.6 Å². The summed E-state index contributed by atoms with van der Waals surface area (Å²) in [6.07, 6.45) is 3.49. The number of carbonyl (C=O) groups excluding carboxylic acids is 1. The number of urea groups is 1. The van der Waals surface area contributed by atoms with E-state index in [9.17, 15) is 9.18 Å². The average molecular weight is 300 g/mol. The van der Waals surface area contributed by atoms with Gasteiger partial charge in [0.25, 0.3) is 0 Å². The Bertz CT molecular complexity index is 463. The number of anilines is 1. The molecule has 1 heterocycles. The molecule has 20 heavy (non-hydrogen) atoms. The minimum Gasteiger partial charge on any atom is -0.336 e. The van der Waals surface area contributed by atoms with Crippen molar-refractivity contribution in [1.29, 1.82) is 0 Å². The smallest absolute Gasteiger partial charge is 0.319 e. The summed E-state index contributed by atoms with van der Waals surface area (Å²) in [7, 11) is 2.07. The van der Waals surface area contributed by atoms with Crippen LogP contribution in [0.25, 0.3) is 0 Å². The minimum absolute atomic E-state index is 0.257. The highest BCUT2D eigenvalue weighted by molar-refractivity contribution is 6.30. The minimum atomic E-state index is -0.472. The Kier molecular flexibility index (Phi) is 5.20. The number of nitrogens with one attached hydrogen (secondary N) is 2. The molecule has 110 valence electrons. The van der Waals surface area contributed by atoms with Gasteiger partial charge in [-0.25, -0.2) is 9.18 Å². The lowest BCUT2D eigenvalue weighted by molar-refractivity contribution is 0.182. The van der Waals surface area contributed by atoms with E-state index in [1.54, 1.807) is 0 Å². The van der Waals surface area contributed by atoms with Gasteiger partial charge < -0.3 is 15.5 Å². The molecule has 1 aliphatic rings. The number of nitrogens with zero attached hydrogens (tertiary/aromatic N) is 1. The predicted octanol–water partition coefficient (Wildman–Crippen LogP) is 3.08. The van der Waals surface area contributed by atoms with E-state index in [1.807, 2.05) is 0 Å². The topological polar surface area (TPSA) is 44.4 Å². The Balaban J connectivity index is 1.83. The summed E-state index contributed by atoms with van der Waals surface area (Å²) in [6, 6.07) is 3.97. The van der Waals surface area contributed by atoms with Crippen LogP contribution in [0.4, 0.5) is 14.9 Å². The fraction of sp³-hybridized carbons (Fsp3) is 0.500. The molecule has 0 spiro atoms. The van der Waals surface area contributed by atoms with Crippen molar-refractivity contribution in [2.24, 2.45) is 0 Å². The van der Waals surface area contributed by atoms with Gasteiger partial charge in [0.15, 0.2) is 0 Å². The lowest BCUT2D eigenvalue weighted by Gasteiger charge is -2.32. The molecule has 1 aromatic rings. The second kappa shape index (κ2) is 6.90. The van der Waals surface area contributed by atoms with Crippen molar-refractivity contribution in [3.05, 3.63) is 29.0 Å². The van der Waals surface area contributed by atoms with Gasteiger partial charge in [-0.05, 0) is 44.6 Å². The van der Waals surface area contributed by atoms with Crippen LogP contribution in [0.1, 0.15) is 19.3 Å². The highest BCUT2D eigenvalue weighted by atomic mass is 35.5. The molecule has 2 rings (SSSR count). The highest BCUT2D eigenvalue weighted by Gasteiger charge is 2.19. The van der Waals surface area contributed by atoms with Crippen molar-refractivity contribution in [2.75, 3.05) is 25.5 Å². The van der Waals surface area contributed by atoms with E-state index in [0.29, 0.717) is 18.3 Å². The number of carbonyl (C=O) groups is 1. The van der Waals surface area contributed by atoms with E-state index < -0.39 is 5.82 Å². The molecule has 4 nitrogen and oxygen atoms in total. The van der Waals surface area contributed by atoms with Gasteiger partial charge in [0, 0.05) is 23.3 Å². The molecule has 0 aliphatic carbocycles. The van der Waals surface area contributed by atoms with Gasteiger partial charge in [0.1, 0.15) is 5.82 Å². The van der Waals surface area contributed by atoms with Gasteiger partial charge in [-0.2, -0.15) is 0 Å². The summed E-state index contributed by atoms with van der Waals surface area (Å²) in [5.41, 5.74) is 0.351. The van der Waals surface area contributed by atoms with Crippen LogP contribution >= 0.6 is 11.6 Å². The Morgan fingerprint density at radius 3 is 2.95 bits per heavy atom. The largest absolute Gasteiger partial charge is 0.336 e. The van der Waals surface area contributed by atoms with Crippen LogP contribution in [-0.2, 0) is 0 Å². The van der Waals surface area contributed by atoms with Crippen LogP contribution in [0.3, 0.4) is 0 Å². The van der Waals surface area contributed by atoms with Crippen molar-refractivity contribution in [3.63, 3.8) is 0 Å². The van der Waals surface area contributed by atoms with E-state index in [4.69, 9.17) is 11.6 Å². The SMILES string of the molecule is CN1CCCC[C@@H]1CNC(=O)Nc1cc(F)cc(Cl)c1. The molecule has 1 saturated heterocycles. The molecule has 6 heteroatoms.